The van der Waals surface area contributed by atoms with E-state index in [1.165, 1.54) is 30.6 Å². The van der Waals surface area contributed by atoms with Gasteiger partial charge >= 0.3 is 0 Å². The highest BCUT2D eigenvalue weighted by Crippen LogP contribution is 2.29. The zero-order valence-electron chi connectivity index (χ0n) is 9.29. The number of ketones is 1. The monoisotopic (exact) mass is 222 g/mol. The lowest BCUT2D eigenvalue weighted by Gasteiger charge is -2.06. The van der Waals surface area contributed by atoms with Crippen molar-refractivity contribution in [2.24, 2.45) is 5.92 Å². The summed E-state index contributed by atoms with van der Waals surface area (Å²) in [5.74, 6) is 1.18. The van der Waals surface area contributed by atoms with Gasteiger partial charge in [0.2, 0.25) is 0 Å². The first-order valence-electron chi connectivity index (χ1n) is 5.85. The van der Waals surface area contributed by atoms with Gasteiger partial charge in [0.1, 0.15) is 0 Å². The van der Waals surface area contributed by atoms with Gasteiger partial charge in [0.25, 0.3) is 0 Å². The molecule has 15 heavy (non-hydrogen) atoms. The van der Waals surface area contributed by atoms with E-state index in [2.05, 4.69) is 6.92 Å². The molecule has 1 aliphatic rings. The Morgan fingerprint density at radius 3 is 2.73 bits per heavy atom. The van der Waals surface area contributed by atoms with E-state index in [0.717, 1.165) is 23.6 Å². The smallest absolute Gasteiger partial charge is 0.172 e. The lowest BCUT2D eigenvalue weighted by Crippen LogP contribution is -2.00. The van der Waals surface area contributed by atoms with E-state index in [9.17, 15) is 4.79 Å². The Labute approximate surface area is 95.5 Å². The first-order chi connectivity index (χ1) is 7.25. The van der Waals surface area contributed by atoms with Gasteiger partial charge in [0.05, 0.1) is 4.88 Å². The third-order valence-electron chi connectivity index (χ3n) is 3.27. The van der Waals surface area contributed by atoms with Crippen LogP contribution in [0, 0.1) is 12.8 Å². The fourth-order valence-corrected chi connectivity index (χ4v) is 3.18. The van der Waals surface area contributed by atoms with Crippen molar-refractivity contribution < 1.29 is 4.79 Å². The number of carbonyl (C=O) groups is 1. The van der Waals surface area contributed by atoms with Crippen LogP contribution in [-0.2, 0) is 0 Å². The number of carbonyl (C=O) groups excluding carboxylic acids is 1. The average Bonchev–Trinajstić information content (AvgIpc) is 2.84. The van der Waals surface area contributed by atoms with Crippen molar-refractivity contribution in [1.82, 2.24) is 0 Å². The van der Waals surface area contributed by atoms with Crippen molar-refractivity contribution in [2.75, 3.05) is 0 Å². The lowest BCUT2D eigenvalue weighted by atomic mass is 10.00. The predicted molar refractivity (Wildman–Crippen MR) is 64.6 cm³/mol. The zero-order chi connectivity index (χ0) is 10.7. The van der Waals surface area contributed by atoms with Crippen LogP contribution in [0.1, 0.15) is 53.1 Å². The van der Waals surface area contributed by atoms with Crippen LogP contribution in [0.25, 0.3) is 0 Å². The number of aryl methyl sites for hydroxylation is 1. The Morgan fingerprint density at radius 2 is 2.13 bits per heavy atom. The molecule has 0 bridgehead atoms. The third kappa shape index (κ3) is 2.91. The largest absolute Gasteiger partial charge is 0.293 e. The van der Waals surface area contributed by atoms with Crippen LogP contribution < -0.4 is 0 Å². The summed E-state index contributed by atoms with van der Waals surface area (Å²) in [6.45, 7) is 2.05. The minimum absolute atomic E-state index is 0.347. The summed E-state index contributed by atoms with van der Waals surface area (Å²) < 4.78 is 0. The molecule has 1 aliphatic carbocycles. The molecule has 0 atom stereocenters. The van der Waals surface area contributed by atoms with Gasteiger partial charge in [0, 0.05) is 11.3 Å². The van der Waals surface area contributed by atoms with Crippen LogP contribution in [-0.4, -0.2) is 5.78 Å². The SMILES string of the molecule is Cc1ccc(C(=O)CCC2CCCC2)s1. The quantitative estimate of drug-likeness (QED) is 0.697. The van der Waals surface area contributed by atoms with Crippen LogP contribution in [0.15, 0.2) is 12.1 Å². The number of Topliss-reactive ketones (excluding diaryl/α,β-unsaturated/α-hetero) is 1. The zero-order valence-corrected chi connectivity index (χ0v) is 10.1. The highest BCUT2D eigenvalue weighted by atomic mass is 32.1. The van der Waals surface area contributed by atoms with Gasteiger partial charge < -0.3 is 0 Å². The lowest BCUT2D eigenvalue weighted by molar-refractivity contribution is 0.0978. The van der Waals surface area contributed by atoms with E-state index >= 15 is 0 Å². The molecule has 2 heteroatoms. The molecule has 1 saturated carbocycles. The van der Waals surface area contributed by atoms with Gasteiger partial charge in [-0.15, -0.1) is 11.3 Å². The van der Waals surface area contributed by atoms with Crippen LogP contribution in [0.4, 0.5) is 0 Å². The topological polar surface area (TPSA) is 17.1 Å². The van der Waals surface area contributed by atoms with Gasteiger partial charge in [-0.3, -0.25) is 4.79 Å². The Morgan fingerprint density at radius 1 is 1.40 bits per heavy atom. The van der Waals surface area contributed by atoms with Gasteiger partial charge in [-0.05, 0) is 31.4 Å². The molecule has 0 amide bonds. The molecule has 0 spiro atoms. The highest BCUT2D eigenvalue weighted by molar-refractivity contribution is 7.14. The molecule has 2 rings (SSSR count). The molecule has 0 radical (unpaired) electrons. The standard InChI is InChI=1S/C13H18OS/c1-10-6-9-13(15-10)12(14)8-7-11-4-2-3-5-11/h6,9,11H,2-5,7-8H2,1H3. The van der Waals surface area contributed by atoms with Crippen molar-refractivity contribution in [3.8, 4) is 0 Å². The molecule has 0 N–H and O–H groups in total. The fraction of sp³-hybridized carbons (Fsp3) is 0.615. The number of rotatable bonds is 4. The molecule has 0 unspecified atom stereocenters. The van der Waals surface area contributed by atoms with Crippen LogP contribution in [0.2, 0.25) is 0 Å². The first kappa shape index (κ1) is 10.9. The van der Waals surface area contributed by atoms with Crippen LogP contribution in [0.5, 0.6) is 0 Å². The Hall–Kier alpha value is -0.630. The molecule has 1 nitrogen and oxygen atoms in total. The Bertz CT molecular complexity index is 334. The summed E-state index contributed by atoms with van der Waals surface area (Å²) in [6, 6.07) is 4.00. The van der Waals surface area contributed by atoms with Crippen LogP contribution in [0.3, 0.4) is 0 Å². The normalized spacial score (nSPS) is 17.1. The van der Waals surface area contributed by atoms with Gasteiger partial charge in [-0.1, -0.05) is 25.7 Å². The highest BCUT2D eigenvalue weighted by Gasteiger charge is 2.17. The third-order valence-corrected chi connectivity index (χ3v) is 4.31. The summed E-state index contributed by atoms with van der Waals surface area (Å²) in [5.41, 5.74) is 0. The second-order valence-electron chi connectivity index (χ2n) is 4.52. The van der Waals surface area contributed by atoms with E-state index in [-0.39, 0.29) is 0 Å². The van der Waals surface area contributed by atoms with E-state index in [0.29, 0.717) is 5.78 Å². The average molecular weight is 222 g/mol. The maximum atomic E-state index is 11.8. The van der Waals surface area contributed by atoms with Crippen molar-refractivity contribution in [2.45, 2.75) is 45.4 Å². The first-order valence-corrected chi connectivity index (χ1v) is 6.67. The van der Waals surface area contributed by atoms with Gasteiger partial charge in [-0.25, -0.2) is 0 Å². The summed E-state index contributed by atoms with van der Waals surface area (Å²) in [5, 5.41) is 0. The molecule has 1 heterocycles. The summed E-state index contributed by atoms with van der Waals surface area (Å²) in [6.07, 6.45) is 7.29. The van der Waals surface area contributed by atoms with Crippen molar-refractivity contribution in [3.63, 3.8) is 0 Å². The number of hydrogen-bond acceptors (Lipinski definition) is 2. The van der Waals surface area contributed by atoms with E-state index in [4.69, 9.17) is 0 Å². The predicted octanol–water partition coefficient (Wildman–Crippen LogP) is 4.21. The molecule has 1 aromatic heterocycles. The van der Waals surface area contributed by atoms with Gasteiger partial charge in [-0.2, -0.15) is 0 Å². The van der Waals surface area contributed by atoms with E-state index < -0.39 is 0 Å². The maximum Gasteiger partial charge on any atom is 0.172 e. The Kier molecular flexibility index (Phi) is 3.57. The molecular formula is C13H18OS. The molecule has 1 aromatic rings. The number of thiophene rings is 1. The maximum absolute atomic E-state index is 11.8. The second-order valence-corrected chi connectivity index (χ2v) is 5.81. The minimum Gasteiger partial charge on any atom is -0.293 e. The van der Waals surface area contributed by atoms with Crippen molar-refractivity contribution >= 4 is 17.1 Å². The molecule has 0 saturated heterocycles. The van der Waals surface area contributed by atoms with Crippen LogP contribution >= 0.6 is 11.3 Å². The minimum atomic E-state index is 0.347. The molecular weight excluding hydrogens is 204 g/mol. The summed E-state index contributed by atoms with van der Waals surface area (Å²) in [7, 11) is 0. The second kappa shape index (κ2) is 4.93. The van der Waals surface area contributed by atoms with E-state index in [1.54, 1.807) is 11.3 Å². The molecule has 82 valence electrons. The summed E-state index contributed by atoms with van der Waals surface area (Å²) >= 11 is 1.63. The molecule has 0 aromatic carbocycles. The van der Waals surface area contributed by atoms with Gasteiger partial charge in [0.15, 0.2) is 5.78 Å². The Balaban J connectivity index is 1.81. The molecule has 1 fully saturated rings. The summed E-state index contributed by atoms with van der Waals surface area (Å²) in [4.78, 5) is 14.0. The van der Waals surface area contributed by atoms with Crippen molar-refractivity contribution in [3.05, 3.63) is 21.9 Å². The fourth-order valence-electron chi connectivity index (χ4n) is 2.34. The van der Waals surface area contributed by atoms with E-state index in [1.807, 2.05) is 12.1 Å². The number of hydrogen-bond donors (Lipinski definition) is 0. The molecule has 0 aliphatic heterocycles. The van der Waals surface area contributed by atoms with Crippen molar-refractivity contribution in [1.29, 1.82) is 0 Å².